The zero-order valence-corrected chi connectivity index (χ0v) is 11.6. The molecule has 1 aromatic heterocycles. The molecule has 2 aromatic rings. The third-order valence-electron chi connectivity index (χ3n) is 3.30. The molecule has 20 heavy (non-hydrogen) atoms. The van der Waals surface area contributed by atoms with E-state index in [1.807, 2.05) is 31.2 Å². The van der Waals surface area contributed by atoms with Crippen molar-refractivity contribution in [2.75, 3.05) is 13.2 Å². The van der Waals surface area contributed by atoms with Crippen LogP contribution in [0.1, 0.15) is 25.7 Å². The van der Waals surface area contributed by atoms with Crippen LogP contribution in [0, 0.1) is 5.92 Å². The SMILES string of the molecule is CCOc1ccccc1-c1noc(CNCC2CC2)n1. The maximum atomic E-state index is 5.58. The van der Waals surface area contributed by atoms with Crippen LogP contribution in [0.4, 0.5) is 0 Å². The summed E-state index contributed by atoms with van der Waals surface area (Å²) in [5, 5.41) is 7.38. The molecule has 1 N–H and O–H groups in total. The Labute approximate surface area is 118 Å². The molecule has 5 nitrogen and oxygen atoms in total. The highest BCUT2D eigenvalue weighted by atomic mass is 16.5. The average Bonchev–Trinajstić information content (AvgIpc) is 3.17. The number of nitrogens with zero attached hydrogens (tertiary/aromatic N) is 2. The summed E-state index contributed by atoms with van der Waals surface area (Å²) in [7, 11) is 0. The third-order valence-corrected chi connectivity index (χ3v) is 3.30. The quantitative estimate of drug-likeness (QED) is 0.840. The molecule has 0 amide bonds. The average molecular weight is 273 g/mol. The molecule has 1 fully saturated rings. The van der Waals surface area contributed by atoms with Crippen molar-refractivity contribution < 1.29 is 9.26 Å². The summed E-state index contributed by atoms with van der Waals surface area (Å²) in [6.07, 6.45) is 2.67. The Balaban J connectivity index is 1.68. The van der Waals surface area contributed by atoms with Gasteiger partial charge in [0, 0.05) is 0 Å². The molecule has 0 unspecified atom stereocenters. The fourth-order valence-electron chi connectivity index (χ4n) is 2.07. The van der Waals surface area contributed by atoms with Crippen molar-refractivity contribution in [1.82, 2.24) is 15.5 Å². The van der Waals surface area contributed by atoms with Crippen LogP contribution in [0.15, 0.2) is 28.8 Å². The first-order valence-corrected chi connectivity index (χ1v) is 7.12. The molecule has 1 aliphatic carbocycles. The Kier molecular flexibility index (Phi) is 3.97. The van der Waals surface area contributed by atoms with Gasteiger partial charge in [-0.25, -0.2) is 0 Å². The molecular weight excluding hydrogens is 254 g/mol. The van der Waals surface area contributed by atoms with Gasteiger partial charge >= 0.3 is 0 Å². The summed E-state index contributed by atoms with van der Waals surface area (Å²) < 4.78 is 10.9. The van der Waals surface area contributed by atoms with E-state index in [0.29, 0.717) is 24.9 Å². The van der Waals surface area contributed by atoms with Crippen LogP contribution in [-0.4, -0.2) is 23.3 Å². The summed E-state index contributed by atoms with van der Waals surface area (Å²) >= 11 is 0. The summed E-state index contributed by atoms with van der Waals surface area (Å²) in [4.78, 5) is 4.42. The van der Waals surface area contributed by atoms with Gasteiger partial charge in [0.2, 0.25) is 11.7 Å². The molecule has 0 radical (unpaired) electrons. The van der Waals surface area contributed by atoms with Gasteiger partial charge in [-0.15, -0.1) is 0 Å². The number of aromatic nitrogens is 2. The molecule has 106 valence electrons. The molecule has 3 rings (SSSR count). The minimum Gasteiger partial charge on any atom is -0.493 e. The lowest BCUT2D eigenvalue weighted by Gasteiger charge is -2.06. The van der Waals surface area contributed by atoms with Crippen LogP contribution in [0.5, 0.6) is 5.75 Å². The summed E-state index contributed by atoms with van der Waals surface area (Å²) in [6, 6.07) is 7.74. The van der Waals surface area contributed by atoms with Crippen LogP contribution in [0.25, 0.3) is 11.4 Å². The first-order valence-electron chi connectivity index (χ1n) is 7.12. The topological polar surface area (TPSA) is 60.2 Å². The van der Waals surface area contributed by atoms with Crippen LogP contribution >= 0.6 is 0 Å². The smallest absolute Gasteiger partial charge is 0.240 e. The van der Waals surface area contributed by atoms with Gasteiger partial charge in [0.25, 0.3) is 0 Å². The first kappa shape index (κ1) is 13.1. The number of para-hydroxylation sites is 1. The van der Waals surface area contributed by atoms with Crippen LogP contribution < -0.4 is 10.1 Å². The number of ether oxygens (including phenoxy) is 1. The highest BCUT2D eigenvalue weighted by molar-refractivity contribution is 5.63. The van der Waals surface area contributed by atoms with Crippen molar-refractivity contribution in [2.24, 2.45) is 5.92 Å². The van der Waals surface area contributed by atoms with E-state index in [0.717, 1.165) is 23.8 Å². The lowest BCUT2D eigenvalue weighted by Crippen LogP contribution is -2.16. The standard InChI is InChI=1S/C15H19N3O2/c1-2-19-13-6-4-3-5-12(13)15-17-14(20-18-15)10-16-9-11-7-8-11/h3-6,11,16H,2,7-10H2,1H3. The summed E-state index contributed by atoms with van der Waals surface area (Å²) in [5.74, 6) is 2.83. The molecule has 1 heterocycles. The van der Waals surface area contributed by atoms with Crippen molar-refractivity contribution >= 4 is 0 Å². The second-order valence-corrected chi connectivity index (χ2v) is 5.02. The third kappa shape index (κ3) is 3.17. The van der Waals surface area contributed by atoms with Gasteiger partial charge < -0.3 is 14.6 Å². The summed E-state index contributed by atoms with van der Waals surface area (Å²) in [5.41, 5.74) is 0.867. The van der Waals surface area contributed by atoms with E-state index in [-0.39, 0.29) is 0 Å². The highest BCUT2D eigenvalue weighted by Gasteiger charge is 2.20. The predicted octanol–water partition coefficient (Wildman–Crippen LogP) is 2.63. The van der Waals surface area contributed by atoms with Crippen molar-refractivity contribution in [3.05, 3.63) is 30.2 Å². The molecule has 1 saturated carbocycles. The van der Waals surface area contributed by atoms with Gasteiger partial charge in [-0.2, -0.15) is 4.98 Å². The molecule has 0 atom stereocenters. The Hall–Kier alpha value is -1.88. The first-order chi connectivity index (χ1) is 9.86. The molecule has 1 aliphatic rings. The van der Waals surface area contributed by atoms with Crippen LogP contribution in [-0.2, 0) is 6.54 Å². The lowest BCUT2D eigenvalue weighted by atomic mass is 10.2. The van der Waals surface area contributed by atoms with Gasteiger partial charge in [0.1, 0.15) is 5.75 Å². The minimum absolute atomic E-state index is 0.581. The highest BCUT2D eigenvalue weighted by Crippen LogP contribution is 2.28. The predicted molar refractivity (Wildman–Crippen MR) is 75.3 cm³/mol. The van der Waals surface area contributed by atoms with E-state index in [1.165, 1.54) is 12.8 Å². The minimum atomic E-state index is 0.581. The van der Waals surface area contributed by atoms with Crippen LogP contribution in [0.2, 0.25) is 0 Å². The Bertz CT molecular complexity index is 564. The van der Waals surface area contributed by atoms with E-state index in [1.54, 1.807) is 0 Å². The molecule has 0 saturated heterocycles. The lowest BCUT2D eigenvalue weighted by molar-refractivity contribution is 0.340. The number of benzene rings is 1. The van der Waals surface area contributed by atoms with Gasteiger partial charge in [-0.3, -0.25) is 0 Å². The second-order valence-electron chi connectivity index (χ2n) is 5.02. The van der Waals surface area contributed by atoms with E-state index in [2.05, 4.69) is 15.5 Å². The van der Waals surface area contributed by atoms with Crippen molar-refractivity contribution in [3.8, 4) is 17.1 Å². The van der Waals surface area contributed by atoms with Crippen LogP contribution in [0.3, 0.4) is 0 Å². The van der Waals surface area contributed by atoms with E-state index < -0.39 is 0 Å². The van der Waals surface area contributed by atoms with Gasteiger partial charge in [0.15, 0.2) is 0 Å². The van der Waals surface area contributed by atoms with Gasteiger partial charge in [-0.1, -0.05) is 17.3 Å². The molecule has 1 aromatic carbocycles. The zero-order chi connectivity index (χ0) is 13.8. The van der Waals surface area contributed by atoms with Gasteiger partial charge in [-0.05, 0) is 44.4 Å². The maximum Gasteiger partial charge on any atom is 0.240 e. The fourth-order valence-corrected chi connectivity index (χ4v) is 2.07. The van der Waals surface area contributed by atoms with E-state index >= 15 is 0 Å². The molecule has 5 heteroatoms. The Morgan fingerprint density at radius 3 is 3.00 bits per heavy atom. The van der Waals surface area contributed by atoms with Crippen molar-refractivity contribution in [3.63, 3.8) is 0 Å². The molecule has 0 spiro atoms. The normalized spacial score (nSPS) is 14.4. The number of rotatable bonds is 7. The number of hydrogen-bond acceptors (Lipinski definition) is 5. The second kappa shape index (κ2) is 6.05. The zero-order valence-electron chi connectivity index (χ0n) is 11.6. The molecule has 0 aliphatic heterocycles. The fraction of sp³-hybridized carbons (Fsp3) is 0.467. The largest absolute Gasteiger partial charge is 0.493 e. The van der Waals surface area contributed by atoms with Gasteiger partial charge in [0.05, 0.1) is 18.7 Å². The van der Waals surface area contributed by atoms with E-state index in [4.69, 9.17) is 9.26 Å². The Morgan fingerprint density at radius 1 is 1.35 bits per heavy atom. The van der Waals surface area contributed by atoms with E-state index in [9.17, 15) is 0 Å². The van der Waals surface area contributed by atoms with Crippen molar-refractivity contribution in [2.45, 2.75) is 26.3 Å². The molecule has 0 bridgehead atoms. The maximum absolute atomic E-state index is 5.58. The monoisotopic (exact) mass is 273 g/mol. The molecular formula is C15H19N3O2. The summed E-state index contributed by atoms with van der Waals surface area (Å²) in [6.45, 7) is 4.23. The number of nitrogens with one attached hydrogen (secondary N) is 1. The number of hydrogen-bond donors (Lipinski definition) is 1. The Morgan fingerprint density at radius 2 is 2.20 bits per heavy atom. The van der Waals surface area contributed by atoms with Crippen molar-refractivity contribution in [1.29, 1.82) is 0 Å².